The molecule has 2 rings (SSSR count). The van der Waals surface area contributed by atoms with Crippen LogP contribution in [0.2, 0.25) is 0 Å². The number of aryl methyl sites for hydroxylation is 1. The van der Waals surface area contributed by atoms with Crippen LogP contribution in [-0.2, 0) is 6.42 Å². The summed E-state index contributed by atoms with van der Waals surface area (Å²) in [6.45, 7) is 2.07. The van der Waals surface area contributed by atoms with Crippen molar-refractivity contribution in [3.63, 3.8) is 0 Å². The number of rotatable bonds is 4. The van der Waals surface area contributed by atoms with Gasteiger partial charge in [-0.05, 0) is 30.2 Å². The molecule has 2 nitrogen and oxygen atoms in total. The molecule has 0 heterocycles. The maximum Gasteiger partial charge on any atom is 0.262 e. The van der Waals surface area contributed by atoms with Gasteiger partial charge in [-0.3, -0.25) is 0 Å². The maximum absolute atomic E-state index is 10.0. The van der Waals surface area contributed by atoms with E-state index in [9.17, 15) is 4.89 Å². The van der Waals surface area contributed by atoms with Gasteiger partial charge in [0.1, 0.15) is 5.75 Å². The van der Waals surface area contributed by atoms with E-state index in [1.54, 1.807) is 0 Å². The SMILES string of the molecule is CCc1ccccc1OP(O)c1ccccc1. The zero-order valence-corrected chi connectivity index (χ0v) is 10.6. The maximum atomic E-state index is 10.0. The van der Waals surface area contributed by atoms with Crippen LogP contribution >= 0.6 is 8.38 Å². The Balaban J connectivity index is 2.16. The molecule has 0 aromatic heterocycles. The molecular weight excluding hydrogens is 231 g/mol. The molecule has 0 spiro atoms. The van der Waals surface area contributed by atoms with Gasteiger partial charge in [0.25, 0.3) is 8.38 Å². The largest absolute Gasteiger partial charge is 0.444 e. The minimum Gasteiger partial charge on any atom is -0.444 e. The minimum atomic E-state index is -1.57. The molecule has 17 heavy (non-hydrogen) atoms. The molecule has 1 unspecified atom stereocenters. The van der Waals surface area contributed by atoms with Crippen LogP contribution in [0, 0.1) is 0 Å². The Labute approximate surface area is 103 Å². The molecule has 0 aliphatic rings. The number of benzene rings is 2. The van der Waals surface area contributed by atoms with Crippen LogP contribution < -0.4 is 9.83 Å². The average molecular weight is 246 g/mol. The summed E-state index contributed by atoms with van der Waals surface area (Å²) < 4.78 is 5.64. The summed E-state index contributed by atoms with van der Waals surface area (Å²) in [4.78, 5) is 10.0. The van der Waals surface area contributed by atoms with E-state index in [0.717, 1.165) is 23.0 Å². The molecule has 0 amide bonds. The quantitative estimate of drug-likeness (QED) is 0.839. The smallest absolute Gasteiger partial charge is 0.262 e. The molecule has 1 atom stereocenters. The van der Waals surface area contributed by atoms with E-state index in [-0.39, 0.29) is 0 Å². The van der Waals surface area contributed by atoms with E-state index in [4.69, 9.17) is 4.52 Å². The summed E-state index contributed by atoms with van der Waals surface area (Å²) in [6, 6.07) is 17.3. The van der Waals surface area contributed by atoms with Crippen LogP contribution in [0.1, 0.15) is 12.5 Å². The van der Waals surface area contributed by atoms with Gasteiger partial charge in [-0.25, -0.2) is 0 Å². The van der Waals surface area contributed by atoms with Crippen molar-refractivity contribution in [1.82, 2.24) is 0 Å². The predicted molar refractivity (Wildman–Crippen MR) is 71.7 cm³/mol. The summed E-state index contributed by atoms with van der Waals surface area (Å²) >= 11 is 0. The summed E-state index contributed by atoms with van der Waals surface area (Å²) in [6.07, 6.45) is 0.897. The molecule has 0 saturated carbocycles. The second kappa shape index (κ2) is 5.81. The van der Waals surface area contributed by atoms with Gasteiger partial charge >= 0.3 is 0 Å². The van der Waals surface area contributed by atoms with Gasteiger partial charge in [-0.15, -0.1) is 0 Å². The Hall–Kier alpha value is -1.37. The van der Waals surface area contributed by atoms with E-state index in [2.05, 4.69) is 6.92 Å². The van der Waals surface area contributed by atoms with Gasteiger partial charge in [-0.2, -0.15) is 0 Å². The predicted octanol–water partition coefficient (Wildman–Crippen LogP) is 3.26. The molecule has 2 aromatic carbocycles. The van der Waals surface area contributed by atoms with Crippen LogP contribution in [0.3, 0.4) is 0 Å². The molecule has 0 aliphatic heterocycles. The fraction of sp³-hybridized carbons (Fsp3) is 0.143. The van der Waals surface area contributed by atoms with Gasteiger partial charge in [-0.1, -0.05) is 43.3 Å². The summed E-state index contributed by atoms with van der Waals surface area (Å²) in [5.74, 6) is 0.771. The third-order valence-electron chi connectivity index (χ3n) is 2.52. The molecule has 3 heteroatoms. The molecule has 0 radical (unpaired) electrons. The van der Waals surface area contributed by atoms with Crippen molar-refractivity contribution >= 4 is 13.7 Å². The van der Waals surface area contributed by atoms with Crippen LogP contribution in [0.25, 0.3) is 0 Å². The van der Waals surface area contributed by atoms with Crippen molar-refractivity contribution < 1.29 is 9.42 Å². The Bertz CT molecular complexity index is 471. The van der Waals surface area contributed by atoms with Crippen LogP contribution in [0.4, 0.5) is 0 Å². The first kappa shape index (κ1) is 12.1. The van der Waals surface area contributed by atoms with Crippen LogP contribution in [0.15, 0.2) is 54.6 Å². The van der Waals surface area contributed by atoms with Crippen LogP contribution in [0.5, 0.6) is 5.75 Å². The first-order chi connectivity index (χ1) is 8.31. The second-order valence-electron chi connectivity index (χ2n) is 3.66. The molecule has 0 bridgehead atoms. The van der Waals surface area contributed by atoms with Crippen molar-refractivity contribution in [2.24, 2.45) is 0 Å². The molecular formula is C14H15O2P. The van der Waals surface area contributed by atoms with E-state index in [1.165, 1.54) is 0 Å². The lowest BCUT2D eigenvalue weighted by Crippen LogP contribution is -2.04. The lowest BCUT2D eigenvalue weighted by Gasteiger charge is -2.14. The average Bonchev–Trinajstić information content (AvgIpc) is 2.40. The molecule has 88 valence electrons. The zero-order chi connectivity index (χ0) is 12.1. The number of hydrogen-bond donors (Lipinski definition) is 1. The first-order valence-corrected chi connectivity index (χ1v) is 6.82. The second-order valence-corrected chi connectivity index (χ2v) is 4.91. The highest BCUT2D eigenvalue weighted by molar-refractivity contribution is 7.55. The minimum absolute atomic E-state index is 0.771. The summed E-state index contributed by atoms with van der Waals surface area (Å²) in [5.41, 5.74) is 1.12. The monoisotopic (exact) mass is 246 g/mol. The third kappa shape index (κ3) is 3.06. The summed E-state index contributed by atoms with van der Waals surface area (Å²) in [7, 11) is -1.57. The topological polar surface area (TPSA) is 29.5 Å². The van der Waals surface area contributed by atoms with Crippen molar-refractivity contribution in [1.29, 1.82) is 0 Å². The Kier molecular flexibility index (Phi) is 4.13. The zero-order valence-electron chi connectivity index (χ0n) is 9.71. The van der Waals surface area contributed by atoms with Gasteiger partial charge in [0.2, 0.25) is 0 Å². The Morgan fingerprint density at radius 2 is 1.65 bits per heavy atom. The van der Waals surface area contributed by atoms with Gasteiger partial charge in [0.05, 0.1) is 0 Å². The first-order valence-electron chi connectivity index (χ1n) is 5.61. The van der Waals surface area contributed by atoms with Gasteiger partial charge in [0.15, 0.2) is 0 Å². The fourth-order valence-corrected chi connectivity index (χ4v) is 2.48. The lowest BCUT2D eigenvalue weighted by atomic mass is 10.1. The molecule has 2 aromatic rings. The standard InChI is InChI=1S/C14H15O2P/c1-2-12-8-6-7-11-14(12)16-17(15)13-9-4-3-5-10-13/h3-11,15H,2H2,1H3. The Morgan fingerprint density at radius 3 is 2.35 bits per heavy atom. The third-order valence-corrected chi connectivity index (χ3v) is 3.62. The lowest BCUT2D eigenvalue weighted by molar-refractivity contribution is 0.496. The van der Waals surface area contributed by atoms with Crippen molar-refractivity contribution in [3.8, 4) is 5.75 Å². The molecule has 0 fully saturated rings. The summed E-state index contributed by atoms with van der Waals surface area (Å²) in [5, 5.41) is 0.827. The van der Waals surface area contributed by atoms with Crippen molar-refractivity contribution in [3.05, 3.63) is 60.2 Å². The number of para-hydroxylation sites is 1. The fourth-order valence-electron chi connectivity index (χ4n) is 1.59. The van der Waals surface area contributed by atoms with E-state index >= 15 is 0 Å². The van der Waals surface area contributed by atoms with Crippen molar-refractivity contribution in [2.75, 3.05) is 0 Å². The highest BCUT2D eigenvalue weighted by atomic mass is 31.2. The molecule has 0 saturated heterocycles. The molecule has 1 N–H and O–H groups in total. The number of hydrogen-bond acceptors (Lipinski definition) is 2. The van der Waals surface area contributed by atoms with E-state index in [0.29, 0.717) is 0 Å². The normalized spacial score (nSPS) is 12.1. The van der Waals surface area contributed by atoms with Crippen LogP contribution in [-0.4, -0.2) is 4.89 Å². The Morgan fingerprint density at radius 1 is 1.00 bits per heavy atom. The molecule has 0 aliphatic carbocycles. The highest BCUT2D eigenvalue weighted by Gasteiger charge is 2.11. The van der Waals surface area contributed by atoms with Gasteiger partial charge < -0.3 is 9.42 Å². The van der Waals surface area contributed by atoms with Crippen molar-refractivity contribution in [2.45, 2.75) is 13.3 Å². The highest BCUT2D eigenvalue weighted by Crippen LogP contribution is 2.34. The van der Waals surface area contributed by atoms with Gasteiger partial charge in [0, 0.05) is 5.30 Å². The van der Waals surface area contributed by atoms with E-state index in [1.807, 2.05) is 54.6 Å². The van der Waals surface area contributed by atoms with E-state index < -0.39 is 8.38 Å².